The summed E-state index contributed by atoms with van der Waals surface area (Å²) in [6, 6.07) is 7.31. The van der Waals surface area contributed by atoms with Gasteiger partial charge in [0.25, 0.3) is 0 Å². The number of hydrogen-bond acceptors (Lipinski definition) is 3. The SMILES string of the molecule is C=C[C@@]12CCCN3C(=O)C=C(c4ccccc4NC(=O)CC1)[C@]32O. The van der Waals surface area contributed by atoms with E-state index in [0.717, 1.165) is 6.42 Å². The maximum atomic E-state index is 12.6. The van der Waals surface area contributed by atoms with E-state index in [1.807, 2.05) is 18.2 Å². The van der Waals surface area contributed by atoms with Crippen LogP contribution in [0.1, 0.15) is 31.2 Å². The molecule has 1 aromatic carbocycles. The van der Waals surface area contributed by atoms with Crippen molar-refractivity contribution < 1.29 is 14.7 Å². The molecule has 5 nitrogen and oxygen atoms in total. The summed E-state index contributed by atoms with van der Waals surface area (Å²) < 4.78 is 0. The molecule has 2 N–H and O–H groups in total. The Morgan fingerprint density at radius 3 is 2.83 bits per heavy atom. The van der Waals surface area contributed by atoms with Crippen molar-refractivity contribution in [2.24, 2.45) is 5.41 Å². The summed E-state index contributed by atoms with van der Waals surface area (Å²) >= 11 is 0. The molecule has 1 aromatic rings. The van der Waals surface area contributed by atoms with Crippen molar-refractivity contribution in [2.45, 2.75) is 31.4 Å². The molecule has 0 unspecified atom stereocenters. The summed E-state index contributed by atoms with van der Waals surface area (Å²) in [5.74, 6) is -0.267. The highest BCUT2D eigenvalue weighted by Crippen LogP contribution is 2.56. The Kier molecular flexibility index (Phi) is 3.18. The molecule has 0 spiro atoms. The second-order valence-corrected chi connectivity index (χ2v) is 6.78. The fraction of sp³-hybridized carbons (Fsp3) is 0.368. The summed E-state index contributed by atoms with van der Waals surface area (Å²) in [7, 11) is 0. The molecule has 2 amide bonds. The smallest absolute Gasteiger partial charge is 0.249 e. The van der Waals surface area contributed by atoms with Gasteiger partial charge in [-0.3, -0.25) is 9.59 Å². The first kappa shape index (κ1) is 15.1. The largest absolute Gasteiger partial charge is 0.366 e. The zero-order valence-electron chi connectivity index (χ0n) is 13.4. The molecular weight excluding hydrogens is 304 g/mol. The molecule has 3 aliphatic rings. The number of fused-ring (bicyclic) bond motifs is 2. The normalized spacial score (nSPS) is 31.9. The molecule has 0 radical (unpaired) electrons. The van der Waals surface area contributed by atoms with E-state index >= 15 is 0 Å². The molecule has 3 aliphatic heterocycles. The van der Waals surface area contributed by atoms with E-state index in [9.17, 15) is 14.7 Å². The van der Waals surface area contributed by atoms with Crippen molar-refractivity contribution in [3.8, 4) is 0 Å². The van der Waals surface area contributed by atoms with Crippen molar-refractivity contribution in [1.82, 2.24) is 4.90 Å². The molecule has 0 aliphatic carbocycles. The number of nitrogens with one attached hydrogen (secondary N) is 1. The number of nitrogens with zero attached hydrogens (tertiary/aromatic N) is 1. The van der Waals surface area contributed by atoms with Gasteiger partial charge in [0.05, 0.1) is 0 Å². The van der Waals surface area contributed by atoms with Gasteiger partial charge in [-0.25, -0.2) is 0 Å². The van der Waals surface area contributed by atoms with E-state index in [1.54, 1.807) is 17.0 Å². The fourth-order valence-corrected chi connectivity index (χ4v) is 4.43. The van der Waals surface area contributed by atoms with Crippen LogP contribution in [-0.2, 0) is 9.59 Å². The number of carbonyl (C=O) groups excluding carboxylic acids is 2. The summed E-state index contributed by atoms with van der Waals surface area (Å²) in [4.78, 5) is 26.4. The lowest BCUT2D eigenvalue weighted by Crippen LogP contribution is -2.62. The van der Waals surface area contributed by atoms with Gasteiger partial charge in [-0.05, 0) is 25.3 Å². The Morgan fingerprint density at radius 1 is 1.25 bits per heavy atom. The highest BCUT2D eigenvalue weighted by Gasteiger charge is 2.61. The third-order valence-corrected chi connectivity index (χ3v) is 5.68. The van der Waals surface area contributed by atoms with Gasteiger partial charge in [-0.2, -0.15) is 0 Å². The molecule has 0 bridgehead atoms. The predicted octanol–water partition coefficient (Wildman–Crippen LogP) is 2.30. The standard InChI is InChI=1S/C19H20N2O3/c1-2-18-9-5-11-21-17(23)12-14(19(18,21)24)13-6-3-4-7-15(13)20-16(22)8-10-18/h2-4,6-7,12,24H,1,5,8-11H2,(H,20,22)/t18-,19-/m1/s1. The zero-order valence-corrected chi connectivity index (χ0v) is 13.4. The van der Waals surface area contributed by atoms with Crippen LogP contribution < -0.4 is 5.32 Å². The second-order valence-electron chi connectivity index (χ2n) is 6.78. The third-order valence-electron chi connectivity index (χ3n) is 5.68. The highest BCUT2D eigenvalue weighted by atomic mass is 16.3. The lowest BCUT2D eigenvalue weighted by Gasteiger charge is -2.53. The monoisotopic (exact) mass is 324 g/mol. The summed E-state index contributed by atoms with van der Waals surface area (Å²) in [6.45, 7) is 4.46. The van der Waals surface area contributed by atoms with Gasteiger partial charge >= 0.3 is 0 Å². The van der Waals surface area contributed by atoms with E-state index in [4.69, 9.17) is 0 Å². The van der Waals surface area contributed by atoms with Crippen LogP contribution in [0, 0.1) is 5.41 Å². The molecule has 5 heteroatoms. The van der Waals surface area contributed by atoms with Gasteiger partial charge in [0.15, 0.2) is 5.72 Å². The Bertz CT molecular complexity index is 785. The second kappa shape index (κ2) is 5.05. The van der Waals surface area contributed by atoms with Crippen molar-refractivity contribution >= 4 is 23.1 Å². The zero-order chi connectivity index (χ0) is 16.9. The van der Waals surface area contributed by atoms with E-state index in [-0.39, 0.29) is 18.2 Å². The number of carbonyl (C=O) groups is 2. The van der Waals surface area contributed by atoms with Crippen LogP contribution in [-0.4, -0.2) is 34.1 Å². The van der Waals surface area contributed by atoms with Crippen LogP contribution in [0.2, 0.25) is 0 Å². The first-order chi connectivity index (χ1) is 11.5. The van der Waals surface area contributed by atoms with Gasteiger partial charge in [0.1, 0.15) is 0 Å². The minimum absolute atomic E-state index is 0.0868. The number of para-hydroxylation sites is 1. The average Bonchev–Trinajstić information content (AvgIpc) is 2.86. The number of hydrogen-bond donors (Lipinski definition) is 2. The molecule has 4 rings (SSSR count). The first-order valence-corrected chi connectivity index (χ1v) is 8.31. The average molecular weight is 324 g/mol. The predicted molar refractivity (Wildman–Crippen MR) is 90.8 cm³/mol. The van der Waals surface area contributed by atoms with Crippen molar-refractivity contribution in [2.75, 3.05) is 11.9 Å². The van der Waals surface area contributed by atoms with Gasteiger partial charge in [-0.1, -0.05) is 24.3 Å². The molecule has 0 saturated carbocycles. The highest BCUT2D eigenvalue weighted by molar-refractivity contribution is 6.06. The van der Waals surface area contributed by atoms with Crippen LogP contribution in [0.15, 0.2) is 43.0 Å². The molecule has 0 aromatic heterocycles. The number of benzene rings is 1. The van der Waals surface area contributed by atoms with Crippen LogP contribution in [0.3, 0.4) is 0 Å². The molecule has 24 heavy (non-hydrogen) atoms. The lowest BCUT2D eigenvalue weighted by atomic mass is 9.65. The van der Waals surface area contributed by atoms with Gasteiger partial charge in [0, 0.05) is 41.3 Å². The molecule has 1 fully saturated rings. The van der Waals surface area contributed by atoms with Crippen molar-refractivity contribution in [3.05, 3.63) is 48.6 Å². The van der Waals surface area contributed by atoms with Crippen LogP contribution in [0.4, 0.5) is 5.69 Å². The Hall–Kier alpha value is -2.40. The van der Waals surface area contributed by atoms with Crippen molar-refractivity contribution in [1.29, 1.82) is 0 Å². The van der Waals surface area contributed by atoms with E-state index in [0.29, 0.717) is 36.2 Å². The number of aliphatic hydroxyl groups is 1. The topological polar surface area (TPSA) is 69.6 Å². The minimum Gasteiger partial charge on any atom is -0.366 e. The van der Waals surface area contributed by atoms with Crippen molar-refractivity contribution in [3.63, 3.8) is 0 Å². The minimum atomic E-state index is -1.45. The van der Waals surface area contributed by atoms with Gasteiger partial charge in [0.2, 0.25) is 11.8 Å². The molecule has 124 valence electrons. The maximum absolute atomic E-state index is 12.6. The van der Waals surface area contributed by atoms with Crippen LogP contribution in [0.25, 0.3) is 5.57 Å². The Morgan fingerprint density at radius 2 is 2.04 bits per heavy atom. The van der Waals surface area contributed by atoms with E-state index < -0.39 is 11.1 Å². The Labute approximate surface area is 140 Å². The lowest BCUT2D eigenvalue weighted by molar-refractivity contribution is -0.170. The fourth-order valence-electron chi connectivity index (χ4n) is 4.43. The Balaban J connectivity index is 2.01. The first-order valence-electron chi connectivity index (χ1n) is 8.31. The molecule has 1 saturated heterocycles. The van der Waals surface area contributed by atoms with E-state index in [1.165, 1.54) is 6.08 Å². The van der Waals surface area contributed by atoms with Crippen LogP contribution >= 0.6 is 0 Å². The number of amides is 2. The van der Waals surface area contributed by atoms with E-state index in [2.05, 4.69) is 11.9 Å². The van der Waals surface area contributed by atoms with Crippen LogP contribution in [0.5, 0.6) is 0 Å². The number of anilines is 1. The number of piperidine rings is 1. The molecule has 2 atom stereocenters. The summed E-state index contributed by atoms with van der Waals surface area (Å²) in [5, 5.41) is 14.7. The number of rotatable bonds is 1. The summed E-state index contributed by atoms with van der Waals surface area (Å²) in [5.41, 5.74) is -0.295. The maximum Gasteiger partial charge on any atom is 0.249 e. The summed E-state index contributed by atoms with van der Waals surface area (Å²) in [6.07, 6.45) is 5.46. The third kappa shape index (κ3) is 1.79. The van der Waals surface area contributed by atoms with Gasteiger partial charge < -0.3 is 15.3 Å². The molecular formula is C19H20N2O3. The van der Waals surface area contributed by atoms with Gasteiger partial charge in [-0.15, -0.1) is 6.58 Å². The quantitative estimate of drug-likeness (QED) is 0.779. The molecule has 3 heterocycles.